The van der Waals surface area contributed by atoms with Crippen LogP contribution in [0.2, 0.25) is 0 Å². The predicted octanol–water partition coefficient (Wildman–Crippen LogP) is 3.15. The number of benzene rings is 2. The summed E-state index contributed by atoms with van der Waals surface area (Å²) in [7, 11) is 0. The maximum Gasteiger partial charge on any atom is 0.336 e. The van der Waals surface area contributed by atoms with Gasteiger partial charge in [-0.2, -0.15) is 0 Å². The zero-order valence-corrected chi connectivity index (χ0v) is 13.6. The average Bonchev–Trinajstić information content (AvgIpc) is 2.61. The van der Waals surface area contributed by atoms with Gasteiger partial charge in [-0.15, -0.1) is 0 Å². The van der Waals surface area contributed by atoms with Crippen molar-refractivity contribution in [3.8, 4) is 0 Å². The molecule has 2 heterocycles. The fourth-order valence-corrected chi connectivity index (χ4v) is 3.83. The highest BCUT2D eigenvalue weighted by atomic mass is 16.4. The van der Waals surface area contributed by atoms with E-state index in [-0.39, 0.29) is 12.2 Å². The first kappa shape index (κ1) is 15.4. The maximum atomic E-state index is 12.0. The standard InChI is InChI=1S/C20H21NO3/c22-13-14-4-3-9-21(11-14)12-16-10-19(23)24-18-8-7-15-5-1-2-6-17(15)20(16)18/h1-2,5-8,10,14,22H,3-4,9,11-13H2. The molecule has 1 fully saturated rings. The Balaban J connectivity index is 1.81. The average molecular weight is 323 g/mol. The van der Waals surface area contributed by atoms with Gasteiger partial charge in [-0.25, -0.2) is 4.79 Å². The quantitative estimate of drug-likeness (QED) is 0.594. The van der Waals surface area contributed by atoms with Crippen molar-refractivity contribution in [1.29, 1.82) is 0 Å². The lowest BCUT2D eigenvalue weighted by molar-refractivity contribution is 0.116. The van der Waals surface area contributed by atoms with Gasteiger partial charge in [0, 0.05) is 31.1 Å². The van der Waals surface area contributed by atoms with E-state index in [1.54, 1.807) is 6.07 Å². The van der Waals surface area contributed by atoms with Crippen LogP contribution < -0.4 is 5.63 Å². The van der Waals surface area contributed by atoms with Crippen LogP contribution in [0.25, 0.3) is 21.7 Å². The van der Waals surface area contributed by atoms with Gasteiger partial charge in [-0.1, -0.05) is 30.3 Å². The third-order valence-corrected chi connectivity index (χ3v) is 4.97. The van der Waals surface area contributed by atoms with Gasteiger partial charge in [0.1, 0.15) is 5.58 Å². The van der Waals surface area contributed by atoms with Gasteiger partial charge < -0.3 is 9.52 Å². The van der Waals surface area contributed by atoms with Crippen LogP contribution in [0.1, 0.15) is 18.4 Å². The zero-order chi connectivity index (χ0) is 16.5. The largest absolute Gasteiger partial charge is 0.423 e. The minimum absolute atomic E-state index is 0.233. The van der Waals surface area contributed by atoms with Crippen molar-refractivity contribution in [3.63, 3.8) is 0 Å². The molecule has 0 amide bonds. The molecule has 24 heavy (non-hydrogen) atoms. The number of fused-ring (bicyclic) bond motifs is 3. The molecule has 4 heteroatoms. The number of piperidine rings is 1. The van der Waals surface area contributed by atoms with Crippen molar-refractivity contribution in [2.24, 2.45) is 5.92 Å². The molecule has 1 atom stereocenters. The molecule has 0 spiro atoms. The molecule has 1 aromatic heterocycles. The molecular weight excluding hydrogens is 302 g/mol. The van der Waals surface area contributed by atoms with Crippen LogP contribution in [-0.2, 0) is 6.54 Å². The van der Waals surface area contributed by atoms with Crippen LogP contribution in [0.15, 0.2) is 51.7 Å². The maximum absolute atomic E-state index is 12.0. The van der Waals surface area contributed by atoms with E-state index in [0.29, 0.717) is 18.0 Å². The van der Waals surface area contributed by atoms with Crippen molar-refractivity contribution in [3.05, 3.63) is 58.4 Å². The first-order valence-corrected chi connectivity index (χ1v) is 8.52. The first-order chi connectivity index (χ1) is 11.7. The molecular formula is C20H21NO3. The van der Waals surface area contributed by atoms with E-state index in [2.05, 4.69) is 17.0 Å². The third-order valence-electron chi connectivity index (χ3n) is 4.97. The highest BCUT2D eigenvalue weighted by molar-refractivity contribution is 6.07. The van der Waals surface area contributed by atoms with Crippen LogP contribution in [0.4, 0.5) is 0 Å². The molecule has 1 unspecified atom stereocenters. The molecule has 2 aromatic carbocycles. The van der Waals surface area contributed by atoms with E-state index in [4.69, 9.17) is 4.42 Å². The van der Waals surface area contributed by atoms with Crippen molar-refractivity contribution in [2.75, 3.05) is 19.7 Å². The van der Waals surface area contributed by atoms with E-state index in [1.807, 2.05) is 24.3 Å². The first-order valence-electron chi connectivity index (χ1n) is 8.52. The predicted molar refractivity (Wildman–Crippen MR) is 95.1 cm³/mol. The molecule has 1 N–H and O–H groups in total. The number of aliphatic hydroxyl groups is 1. The lowest BCUT2D eigenvalue weighted by Crippen LogP contribution is -2.36. The second-order valence-corrected chi connectivity index (χ2v) is 6.68. The molecule has 124 valence electrons. The summed E-state index contributed by atoms with van der Waals surface area (Å²) in [5, 5.41) is 12.7. The van der Waals surface area contributed by atoms with Crippen LogP contribution in [-0.4, -0.2) is 29.7 Å². The summed E-state index contributed by atoms with van der Waals surface area (Å²) in [5.74, 6) is 0.335. The van der Waals surface area contributed by atoms with Gasteiger partial charge in [0.05, 0.1) is 0 Å². The summed E-state index contributed by atoms with van der Waals surface area (Å²) in [5.41, 5.74) is 1.35. The van der Waals surface area contributed by atoms with Gasteiger partial charge in [-0.05, 0) is 47.7 Å². The van der Waals surface area contributed by atoms with Crippen LogP contribution in [0.3, 0.4) is 0 Å². The van der Waals surface area contributed by atoms with E-state index >= 15 is 0 Å². The summed E-state index contributed by atoms with van der Waals surface area (Å²) >= 11 is 0. The third kappa shape index (κ3) is 2.83. The molecule has 0 saturated carbocycles. The summed E-state index contributed by atoms with van der Waals surface area (Å²) in [6.07, 6.45) is 2.17. The summed E-state index contributed by atoms with van der Waals surface area (Å²) in [6.45, 7) is 2.83. The lowest BCUT2D eigenvalue weighted by Gasteiger charge is -2.32. The summed E-state index contributed by atoms with van der Waals surface area (Å²) < 4.78 is 5.43. The number of rotatable bonds is 3. The molecule has 0 radical (unpaired) electrons. The van der Waals surface area contributed by atoms with Gasteiger partial charge in [0.15, 0.2) is 0 Å². The van der Waals surface area contributed by atoms with Crippen LogP contribution >= 0.6 is 0 Å². The molecule has 4 nitrogen and oxygen atoms in total. The Morgan fingerprint density at radius 2 is 2.08 bits per heavy atom. The molecule has 3 aromatic rings. The Kier molecular flexibility index (Phi) is 4.08. The van der Waals surface area contributed by atoms with Crippen molar-refractivity contribution >= 4 is 21.7 Å². The molecule has 0 aliphatic carbocycles. The molecule has 1 aliphatic heterocycles. The Hall–Kier alpha value is -2.17. The van der Waals surface area contributed by atoms with E-state index in [9.17, 15) is 9.90 Å². The van der Waals surface area contributed by atoms with Gasteiger partial charge >= 0.3 is 5.63 Å². The van der Waals surface area contributed by atoms with Crippen molar-refractivity contribution < 1.29 is 9.52 Å². The Bertz CT molecular complexity index is 931. The van der Waals surface area contributed by atoms with Crippen molar-refractivity contribution in [2.45, 2.75) is 19.4 Å². The summed E-state index contributed by atoms with van der Waals surface area (Å²) in [4.78, 5) is 14.3. The monoisotopic (exact) mass is 323 g/mol. The van der Waals surface area contributed by atoms with Crippen LogP contribution in [0.5, 0.6) is 0 Å². The lowest BCUT2D eigenvalue weighted by atomic mass is 9.97. The fourth-order valence-electron chi connectivity index (χ4n) is 3.83. The van der Waals surface area contributed by atoms with E-state index in [1.165, 1.54) is 0 Å². The SMILES string of the molecule is O=c1cc(CN2CCCC(CO)C2)c2c(ccc3ccccc32)o1. The second kappa shape index (κ2) is 6.38. The number of likely N-dealkylation sites (tertiary alicyclic amines) is 1. The smallest absolute Gasteiger partial charge is 0.336 e. The molecule has 0 bridgehead atoms. The van der Waals surface area contributed by atoms with Gasteiger partial charge in [-0.3, -0.25) is 4.90 Å². The molecule has 1 aliphatic rings. The topological polar surface area (TPSA) is 53.7 Å². The minimum atomic E-state index is -0.302. The zero-order valence-electron chi connectivity index (χ0n) is 13.6. The number of hydrogen-bond donors (Lipinski definition) is 1. The fraction of sp³-hybridized carbons (Fsp3) is 0.350. The number of hydrogen-bond acceptors (Lipinski definition) is 4. The van der Waals surface area contributed by atoms with Crippen molar-refractivity contribution in [1.82, 2.24) is 4.90 Å². The number of aliphatic hydroxyl groups excluding tert-OH is 1. The van der Waals surface area contributed by atoms with E-state index in [0.717, 1.165) is 47.7 Å². The van der Waals surface area contributed by atoms with Gasteiger partial charge in [0.25, 0.3) is 0 Å². The summed E-state index contributed by atoms with van der Waals surface area (Å²) in [6, 6.07) is 13.7. The highest BCUT2D eigenvalue weighted by Crippen LogP contribution is 2.29. The Morgan fingerprint density at radius 3 is 2.96 bits per heavy atom. The normalized spacial score (nSPS) is 19.1. The minimum Gasteiger partial charge on any atom is -0.423 e. The molecule has 1 saturated heterocycles. The number of nitrogens with zero attached hydrogens (tertiary/aromatic N) is 1. The van der Waals surface area contributed by atoms with E-state index < -0.39 is 0 Å². The Labute approximate surface area is 140 Å². The second-order valence-electron chi connectivity index (χ2n) is 6.68. The Morgan fingerprint density at radius 1 is 1.21 bits per heavy atom. The molecule has 4 rings (SSSR count). The van der Waals surface area contributed by atoms with Gasteiger partial charge in [0.2, 0.25) is 0 Å². The van der Waals surface area contributed by atoms with Crippen LogP contribution in [0, 0.1) is 5.92 Å². The highest BCUT2D eigenvalue weighted by Gasteiger charge is 2.20.